The quantitative estimate of drug-likeness (QED) is 0.0152. The number of carbonyl (C=O) groups is 2. The van der Waals surface area contributed by atoms with Gasteiger partial charge in [-0.2, -0.15) is 0 Å². The average Bonchev–Trinajstić information content (AvgIpc) is 3.21. The molecule has 1 saturated carbocycles. The van der Waals surface area contributed by atoms with Crippen LogP contribution in [0.15, 0.2) is 48.6 Å². The number of esters is 2. The summed E-state index contributed by atoms with van der Waals surface area (Å²) >= 11 is 0. The van der Waals surface area contributed by atoms with Crippen LogP contribution in [0.2, 0.25) is 0 Å². The summed E-state index contributed by atoms with van der Waals surface area (Å²) in [4.78, 5) is 35.6. The van der Waals surface area contributed by atoms with Crippen molar-refractivity contribution in [3.8, 4) is 0 Å². The zero-order valence-corrected chi connectivity index (χ0v) is 36.9. The van der Waals surface area contributed by atoms with Crippen molar-refractivity contribution in [1.29, 1.82) is 0 Å². The predicted molar refractivity (Wildman–Crippen MR) is 230 cm³/mol. The van der Waals surface area contributed by atoms with E-state index in [1.165, 1.54) is 57.8 Å². The first-order valence-corrected chi connectivity index (χ1v) is 23.9. The summed E-state index contributed by atoms with van der Waals surface area (Å²) in [6, 6.07) is 0. The highest BCUT2D eigenvalue weighted by Gasteiger charge is 2.51. The van der Waals surface area contributed by atoms with Crippen LogP contribution in [-0.2, 0) is 32.7 Å². The Balaban J connectivity index is 2.48. The largest absolute Gasteiger partial charge is 0.472 e. The van der Waals surface area contributed by atoms with Crippen molar-refractivity contribution in [3.63, 3.8) is 0 Å². The van der Waals surface area contributed by atoms with Crippen molar-refractivity contribution >= 4 is 19.8 Å². The van der Waals surface area contributed by atoms with Gasteiger partial charge in [0.15, 0.2) is 6.10 Å². The Bertz CT molecular complexity index is 1220. The van der Waals surface area contributed by atoms with Crippen LogP contribution in [0.1, 0.15) is 168 Å². The van der Waals surface area contributed by atoms with Crippen LogP contribution in [-0.4, -0.2) is 98.3 Å². The number of ether oxygens (including phenoxy) is 2. The molecule has 6 unspecified atom stereocenters. The zero-order chi connectivity index (χ0) is 43.6. The minimum absolute atomic E-state index is 0.0900. The summed E-state index contributed by atoms with van der Waals surface area (Å²) in [5, 5.41) is 50.1. The Morgan fingerprint density at radius 3 is 1.42 bits per heavy atom. The van der Waals surface area contributed by atoms with Crippen molar-refractivity contribution in [2.24, 2.45) is 0 Å². The normalized spacial score (nSPS) is 22.8. The first-order chi connectivity index (χ1) is 28.4. The fourth-order valence-electron chi connectivity index (χ4n) is 6.50. The van der Waals surface area contributed by atoms with Crippen molar-refractivity contribution in [2.45, 2.75) is 211 Å². The lowest BCUT2D eigenvalue weighted by atomic mass is 9.85. The number of allylic oxidation sites excluding steroid dienone is 8. The van der Waals surface area contributed by atoms with E-state index in [0.717, 1.165) is 70.6 Å². The third-order valence-electron chi connectivity index (χ3n) is 10.2. The van der Waals surface area contributed by atoms with Crippen LogP contribution in [0, 0.1) is 0 Å². The van der Waals surface area contributed by atoms with Crippen molar-refractivity contribution in [1.82, 2.24) is 0 Å². The van der Waals surface area contributed by atoms with Crippen LogP contribution in [0.5, 0.6) is 0 Å². The van der Waals surface area contributed by atoms with Gasteiger partial charge >= 0.3 is 19.8 Å². The molecule has 59 heavy (non-hydrogen) atoms. The molecule has 0 saturated heterocycles. The van der Waals surface area contributed by atoms with Gasteiger partial charge in [-0.3, -0.25) is 18.6 Å². The van der Waals surface area contributed by atoms with E-state index in [2.05, 4.69) is 62.5 Å². The number of phosphoric acid groups is 1. The van der Waals surface area contributed by atoms with Crippen LogP contribution < -0.4 is 0 Å². The van der Waals surface area contributed by atoms with Gasteiger partial charge in [-0.1, -0.05) is 146 Å². The van der Waals surface area contributed by atoms with Gasteiger partial charge in [0.2, 0.25) is 0 Å². The lowest BCUT2D eigenvalue weighted by molar-refractivity contribution is -0.220. The number of aliphatic hydroxyl groups excluding tert-OH is 5. The summed E-state index contributed by atoms with van der Waals surface area (Å²) in [6.07, 6.45) is 27.4. The fourth-order valence-corrected chi connectivity index (χ4v) is 7.48. The zero-order valence-electron chi connectivity index (χ0n) is 36.0. The number of hydrogen-bond acceptors (Lipinski definition) is 12. The van der Waals surface area contributed by atoms with E-state index in [9.17, 15) is 44.6 Å². The number of rotatable bonds is 36. The lowest BCUT2D eigenvalue weighted by Gasteiger charge is -2.41. The molecule has 1 fully saturated rings. The Morgan fingerprint density at radius 2 is 0.915 bits per heavy atom. The van der Waals surface area contributed by atoms with Crippen LogP contribution in [0.25, 0.3) is 0 Å². The Labute approximate surface area is 354 Å². The molecule has 1 rings (SSSR count). The molecule has 0 radical (unpaired) electrons. The number of unbranched alkanes of at least 4 members (excludes halogenated alkanes) is 16. The van der Waals surface area contributed by atoms with E-state index in [0.29, 0.717) is 12.8 Å². The second-order valence-corrected chi connectivity index (χ2v) is 17.0. The molecule has 6 N–H and O–H groups in total. The van der Waals surface area contributed by atoms with Gasteiger partial charge in [-0.25, -0.2) is 4.57 Å². The molecule has 0 aromatic rings. The third kappa shape index (κ3) is 28.1. The first kappa shape index (κ1) is 54.8. The highest BCUT2D eigenvalue weighted by atomic mass is 31.2. The van der Waals surface area contributed by atoms with Gasteiger partial charge in [-0.15, -0.1) is 0 Å². The van der Waals surface area contributed by atoms with E-state index in [1.807, 2.05) is 0 Å². The summed E-state index contributed by atoms with van der Waals surface area (Å²) in [5.74, 6) is -1.14. The molecule has 1 aliphatic carbocycles. The molecule has 8 atom stereocenters. The minimum Gasteiger partial charge on any atom is -0.462 e. The van der Waals surface area contributed by atoms with Gasteiger partial charge < -0.3 is 39.9 Å². The van der Waals surface area contributed by atoms with Crippen molar-refractivity contribution < 1.29 is 63.1 Å². The maximum atomic E-state index is 12.8. The molecular formula is C45H79O13P. The van der Waals surface area contributed by atoms with Gasteiger partial charge in [0.1, 0.15) is 43.2 Å². The molecular weight excluding hydrogens is 779 g/mol. The van der Waals surface area contributed by atoms with E-state index in [1.54, 1.807) is 0 Å². The molecule has 0 aliphatic heterocycles. The summed E-state index contributed by atoms with van der Waals surface area (Å²) in [7, 11) is -5.12. The van der Waals surface area contributed by atoms with E-state index in [4.69, 9.17) is 18.5 Å². The Morgan fingerprint density at radius 1 is 0.525 bits per heavy atom. The van der Waals surface area contributed by atoms with Gasteiger partial charge in [0, 0.05) is 12.8 Å². The number of carbonyl (C=O) groups excluding carboxylic acids is 2. The highest BCUT2D eigenvalue weighted by molar-refractivity contribution is 7.47. The second kappa shape index (κ2) is 35.4. The second-order valence-electron chi connectivity index (χ2n) is 15.6. The molecule has 0 bridgehead atoms. The van der Waals surface area contributed by atoms with Gasteiger partial charge in [0.25, 0.3) is 0 Å². The predicted octanol–water partition coefficient (Wildman–Crippen LogP) is 8.39. The smallest absolute Gasteiger partial charge is 0.462 e. The number of aliphatic hydroxyl groups is 5. The van der Waals surface area contributed by atoms with E-state index < -0.39 is 75.7 Å². The van der Waals surface area contributed by atoms with Crippen LogP contribution in [0.4, 0.5) is 0 Å². The number of hydrogen-bond donors (Lipinski definition) is 6. The van der Waals surface area contributed by atoms with Crippen molar-refractivity contribution in [2.75, 3.05) is 13.2 Å². The van der Waals surface area contributed by atoms with E-state index in [-0.39, 0.29) is 12.8 Å². The van der Waals surface area contributed by atoms with Gasteiger partial charge in [0.05, 0.1) is 6.61 Å². The maximum absolute atomic E-state index is 12.8. The summed E-state index contributed by atoms with van der Waals surface area (Å²) < 4.78 is 33.4. The fraction of sp³-hybridized carbons (Fsp3) is 0.778. The molecule has 14 heteroatoms. The molecule has 342 valence electrons. The van der Waals surface area contributed by atoms with Gasteiger partial charge in [-0.05, 0) is 57.8 Å². The molecule has 0 spiro atoms. The maximum Gasteiger partial charge on any atom is 0.472 e. The molecule has 1 aliphatic rings. The molecule has 0 aromatic carbocycles. The summed E-state index contributed by atoms with van der Waals surface area (Å²) in [6.45, 7) is 3.22. The highest BCUT2D eigenvalue weighted by Crippen LogP contribution is 2.47. The Hall–Kier alpha value is -2.19. The SMILES string of the molecule is CCCCC/C=C\C/C=C\C/C=C\C/C=C\CCCCCC(=O)OC[C@H](COP(=O)(O)OC1C(O)C(O)C(O)[C@@H](O)C1O)OC(=O)CCCCCCCCCCCCC. The molecule has 0 amide bonds. The standard InChI is InChI=1S/C45H79O13P/c1-3-5-7-9-11-13-15-16-17-18-19-20-21-22-24-25-27-29-31-33-38(46)55-35-37(57-39(47)34-32-30-28-26-23-14-12-10-8-6-4-2)36-56-59(53,54)58-45-43(51)41(49)40(48)42(50)44(45)52/h11,13,16-17,19-20,22,24,37,40-45,48-52H,3-10,12,14-15,18,21,23,25-36H2,1-2H3,(H,53,54)/b13-11-,17-16-,20-19-,24-22-/t37-,40?,41-,42?,43?,44?,45?/m1/s1. The summed E-state index contributed by atoms with van der Waals surface area (Å²) in [5.41, 5.74) is 0. The average molecular weight is 859 g/mol. The minimum atomic E-state index is -5.12. The van der Waals surface area contributed by atoms with Crippen molar-refractivity contribution in [3.05, 3.63) is 48.6 Å². The van der Waals surface area contributed by atoms with E-state index >= 15 is 0 Å². The number of phosphoric ester groups is 1. The lowest BCUT2D eigenvalue weighted by Crippen LogP contribution is -2.64. The van der Waals surface area contributed by atoms with Crippen LogP contribution in [0.3, 0.4) is 0 Å². The third-order valence-corrected chi connectivity index (χ3v) is 11.2. The van der Waals surface area contributed by atoms with Crippen LogP contribution >= 0.6 is 7.82 Å². The topological polar surface area (TPSA) is 210 Å². The Kier molecular flexibility index (Phi) is 32.9. The monoisotopic (exact) mass is 859 g/mol. The molecule has 13 nitrogen and oxygen atoms in total. The molecule has 0 heterocycles. The molecule has 0 aromatic heterocycles. The first-order valence-electron chi connectivity index (χ1n) is 22.4.